The van der Waals surface area contributed by atoms with Gasteiger partial charge in [-0.3, -0.25) is 0 Å². The van der Waals surface area contributed by atoms with Gasteiger partial charge >= 0.3 is 0 Å². The van der Waals surface area contributed by atoms with Crippen LogP contribution in [0.2, 0.25) is 0 Å². The SMILES string of the molecule is Cc1ccc(-c2ocnc2CN)o1. The number of aromatic nitrogens is 1. The van der Waals surface area contributed by atoms with Gasteiger partial charge in [0, 0.05) is 6.54 Å². The van der Waals surface area contributed by atoms with Gasteiger partial charge in [0.15, 0.2) is 17.9 Å². The summed E-state index contributed by atoms with van der Waals surface area (Å²) in [7, 11) is 0. The number of nitrogens with zero attached hydrogens (tertiary/aromatic N) is 1. The Kier molecular flexibility index (Phi) is 1.90. The molecule has 68 valence electrons. The second-order valence-corrected chi connectivity index (χ2v) is 2.74. The number of hydrogen-bond donors (Lipinski definition) is 1. The van der Waals surface area contributed by atoms with E-state index in [-0.39, 0.29) is 0 Å². The van der Waals surface area contributed by atoms with Crippen LogP contribution >= 0.6 is 0 Å². The second-order valence-electron chi connectivity index (χ2n) is 2.74. The summed E-state index contributed by atoms with van der Waals surface area (Å²) in [6.45, 7) is 2.23. The minimum atomic E-state index is 0.353. The number of nitrogens with two attached hydrogens (primary N) is 1. The Hall–Kier alpha value is -1.55. The molecular weight excluding hydrogens is 168 g/mol. The molecule has 2 aromatic rings. The maximum Gasteiger partial charge on any atom is 0.194 e. The van der Waals surface area contributed by atoms with Gasteiger partial charge in [0.2, 0.25) is 0 Å². The maximum atomic E-state index is 5.48. The Morgan fingerprint density at radius 3 is 2.92 bits per heavy atom. The van der Waals surface area contributed by atoms with E-state index in [0.29, 0.717) is 23.8 Å². The van der Waals surface area contributed by atoms with Crippen LogP contribution in [-0.2, 0) is 6.54 Å². The molecule has 2 rings (SSSR count). The van der Waals surface area contributed by atoms with Gasteiger partial charge in [0.05, 0.1) is 0 Å². The summed E-state index contributed by atoms with van der Waals surface area (Å²) in [4.78, 5) is 3.97. The molecule has 2 heterocycles. The summed E-state index contributed by atoms with van der Waals surface area (Å²) >= 11 is 0. The van der Waals surface area contributed by atoms with Crippen molar-refractivity contribution in [1.29, 1.82) is 0 Å². The molecule has 0 fully saturated rings. The van der Waals surface area contributed by atoms with Crippen molar-refractivity contribution < 1.29 is 8.83 Å². The third kappa shape index (κ3) is 1.36. The lowest BCUT2D eigenvalue weighted by atomic mass is 10.3. The predicted molar refractivity (Wildman–Crippen MR) is 46.8 cm³/mol. The molecule has 0 saturated carbocycles. The summed E-state index contributed by atoms with van der Waals surface area (Å²) in [5.74, 6) is 2.14. The molecule has 0 amide bonds. The molecule has 0 unspecified atom stereocenters. The first-order chi connectivity index (χ1) is 6.31. The number of furan rings is 1. The van der Waals surface area contributed by atoms with Gasteiger partial charge in [-0.2, -0.15) is 0 Å². The lowest BCUT2D eigenvalue weighted by Crippen LogP contribution is -1.97. The van der Waals surface area contributed by atoms with E-state index >= 15 is 0 Å². The Bertz CT molecular complexity index is 403. The van der Waals surface area contributed by atoms with Crippen molar-refractivity contribution >= 4 is 0 Å². The Balaban J connectivity index is 2.45. The first kappa shape index (κ1) is 8.07. The normalized spacial score (nSPS) is 10.6. The van der Waals surface area contributed by atoms with Crippen LogP contribution in [0.4, 0.5) is 0 Å². The largest absolute Gasteiger partial charge is 0.458 e. The van der Waals surface area contributed by atoms with E-state index in [1.165, 1.54) is 6.39 Å². The van der Waals surface area contributed by atoms with Crippen molar-refractivity contribution in [2.24, 2.45) is 5.73 Å². The molecule has 0 aromatic carbocycles. The minimum Gasteiger partial charge on any atom is -0.458 e. The number of rotatable bonds is 2. The molecule has 4 nitrogen and oxygen atoms in total. The predicted octanol–water partition coefficient (Wildman–Crippen LogP) is 1.70. The first-order valence-electron chi connectivity index (χ1n) is 4.00. The van der Waals surface area contributed by atoms with Crippen molar-refractivity contribution in [3.8, 4) is 11.5 Å². The summed E-state index contributed by atoms with van der Waals surface area (Å²) in [5, 5.41) is 0. The van der Waals surface area contributed by atoms with E-state index in [1.54, 1.807) is 0 Å². The van der Waals surface area contributed by atoms with E-state index in [0.717, 1.165) is 5.76 Å². The molecule has 2 N–H and O–H groups in total. The fourth-order valence-electron chi connectivity index (χ4n) is 1.17. The van der Waals surface area contributed by atoms with E-state index in [2.05, 4.69) is 4.98 Å². The lowest BCUT2D eigenvalue weighted by Gasteiger charge is -1.92. The van der Waals surface area contributed by atoms with Crippen LogP contribution in [-0.4, -0.2) is 4.98 Å². The standard InChI is InChI=1S/C9H10N2O2/c1-6-2-3-8(13-6)9-7(4-10)11-5-12-9/h2-3,5H,4,10H2,1H3. The average Bonchev–Trinajstić information content (AvgIpc) is 2.71. The molecule has 2 aromatic heterocycles. The maximum absolute atomic E-state index is 5.48. The fraction of sp³-hybridized carbons (Fsp3) is 0.222. The molecule has 4 heteroatoms. The summed E-state index contributed by atoms with van der Waals surface area (Å²) in [6.07, 6.45) is 1.37. The molecule has 0 aliphatic carbocycles. The molecule has 0 aliphatic heterocycles. The average molecular weight is 178 g/mol. The van der Waals surface area contributed by atoms with Crippen molar-refractivity contribution in [2.45, 2.75) is 13.5 Å². The van der Waals surface area contributed by atoms with Crippen molar-refractivity contribution in [3.05, 3.63) is 30.0 Å². The molecule has 0 atom stereocenters. The van der Waals surface area contributed by atoms with Crippen molar-refractivity contribution in [2.75, 3.05) is 0 Å². The molecule has 13 heavy (non-hydrogen) atoms. The molecule has 0 saturated heterocycles. The van der Waals surface area contributed by atoms with E-state index in [4.69, 9.17) is 14.6 Å². The van der Waals surface area contributed by atoms with Crippen LogP contribution in [0.3, 0.4) is 0 Å². The highest BCUT2D eigenvalue weighted by Crippen LogP contribution is 2.24. The summed E-state index contributed by atoms with van der Waals surface area (Å²) in [5.41, 5.74) is 6.19. The molecule has 0 aliphatic rings. The topological polar surface area (TPSA) is 65.2 Å². The van der Waals surface area contributed by atoms with E-state index in [1.807, 2.05) is 19.1 Å². The van der Waals surface area contributed by atoms with Gasteiger partial charge < -0.3 is 14.6 Å². The van der Waals surface area contributed by atoms with Gasteiger partial charge in [-0.05, 0) is 19.1 Å². The third-order valence-electron chi connectivity index (χ3n) is 1.80. The van der Waals surface area contributed by atoms with E-state index < -0.39 is 0 Å². The van der Waals surface area contributed by atoms with Gasteiger partial charge in [-0.15, -0.1) is 0 Å². The van der Waals surface area contributed by atoms with Gasteiger partial charge in [-0.1, -0.05) is 0 Å². The Morgan fingerprint density at radius 2 is 2.31 bits per heavy atom. The highest BCUT2D eigenvalue weighted by molar-refractivity contribution is 5.52. The van der Waals surface area contributed by atoms with Gasteiger partial charge in [0.25, 0.3) is 0 Å². The number of hydrogen-bond acceptors (Lipinski definition) is 4. The molecule has 0 bridgehead atoms. The Labute approximate surface area is 75.4 Å². The van der Waals surface area contributed by atoms with Crippen molar-refractivity contribution in [1.82, 2.24) is 4.98 Å². The first-order valence-corrected chi connectivity index (χ1v) is 4.00. The molecular formula is C9H10N2O2. The van der Waals surface area contributed by atoms with Gasteiger partial charge in [-0.25, -0.2) is 4.98 Å². The van der Waals surface area contributed by atoms with Crippen molar-refractivity contribution in [3.63, 3.8) is 0 Å². The lowest BCUT2D eigenvalue weighted by molar-refractivity contribution is 0.503. The number of aryl methyl sites for hydroxylation is 1. The van der Waals surface area contributed by atoms with Crippen LogP contribution in [0, 0.1) is 6.92 Å². The monoisotopic (exact) mass is 178 g/mol. The van der Waals surface area contributed by atoms with Gasteiger partial charge in [0.1, 0.15) is 11.5 Å². The van der Waals surface area contributed by atoms with Crippen LogP contribution in [0.25, 0.3) is 11.5 Å². The molecule has 0 spiro atoms. The van der Waals surface area contributed by atoms with Crippen LogP contribution in [0.1, 0.15) is 11.5 Å². The third-order valence-corrected chi connectivity index (χ3v) is 1.80. The highest BCUT2D eigenvalue weighted by atomic mass is 16.4. The zero-order valence-corrected chi connectivity index (χ0v) is 7.28. The van der Waals surface area contributed by atoms with Crippen LogP contribution in [0.5, 0.6) is 0 Å². The minimum absolute atomic E-state index is 0.353. The summed E-state index contributed by atoms with van der Waals surface area (Å²) in [6, 6.07) is 3.72. The van der Waals surface area contributed by atoms with E-state index in [9.17, 15) is 0 Å². The van der Waals surface area contributed by atoms with Crippen LogP contribution < -0.4 is 5.73 Å². The molecule has 0 radical (unpaired) electrons. The number of oxazole rings is 1. The second kappa shape index (κ2) is 3.06. The fourth-order valence-corrected chi connectivity index (χ4v) is 1.17. The highest BCUT2D eigenvalue weighted by Gasteiger charge is 2.12. The smallest absolute Gasteiger partial charge is 0.194 e. The van der Waals surface area contributed by atoms with Crippen LogP contribution in [0.15, 0.2) is 27.4 Å². The zero-order valence-electron chi connectivity index (χ0n) is 7.28. The summed E-state index contributed by atoms with van der Waals surface area (Å²) < 4.78 is 10.6. The quantitative estimate of drug-likeness (QED) is 0.760. The Morgan fingerprint density at radius 1 is 1.46 bits per heavy atom. The zero-order chi connectivity index (χ0) is 9.26.